The van der Waals surface area contributed by atoms with Crippen molar-refractivity contribution in [1.29, 1.82) is 0 Å². The molecule has 20 heavy (non-hydrogen) atoms. The summed E-state index contributed by atoms with van der Waals surface area (Å²) < 4.78 is 2.22. The van der Waals surface area contributed by atoms with Gasteiger partial charge in [0.25, 0.3) is 0 Å². The largest absolute Gasteiger partial charge is 0.383 e. The Balaban J connectivity index is 2.08. The van der Waals surface area contributed by atoms with Gasteiger partial charge in [-0.1, -0.05) is 6.92 Å². The lowest BCUT2D eigenvalue weighted by molar-refractivity contribution is 0.595. The first-order chi connectivity index (χ1) is 9.59. The van der Waals surface area contributed by atoms with Crippen LogP contribution in [0.15, 0.2) is 17.9 Å². The molecule has 5 nitrogen and oxygen atoms in total. The van der Waals surface area contributed by atoms with Gasteiger partial charge >= 0.3 is 0 Å². The third-order valence-electron chi connectivity index (χ3n) is 3.76. The highest BCUT2D eigenvalue weighted by molar-refractivity contribution is 7.09. The number of hydrogen-bond acceptors (Lipinski definition) is 5. The van der Waals surface area contributed by atoms with Crippen LogP contribution in [-0.4, -0.2) is 19.5 Å². The van der Waals surface area contributed by atoms with Gasteiger partial charge in [0.15, 0.2) is 0 Å². The van der Waals surface area contributed by atoms with E-state index in [1.54, 1.807) is 11.3 Å². The predicted octanol–water partition coefficient (Wildman–Crippen LogP) is 2.89. The minimum atomic E-state index is 0.347. The minimum absolute atomic E-state index is 0.347. The molecular weight excluding hydrogens is 270 g/mol. The van der Waals surface area contributed by atoms with E-state index in [-0.39, 0.29) is 0 Å². The highest BCUT2D eigenvalue weighted by atomic mass is 32.1. The van der Waals surface area contributed by atoms with Crippen molar-refractivity contribution < 1.29 is 0 Å². The van der Waals surface area contributed by atoms with Crippen LogP contribution in [-0.2, 0) is 6.54 Å². The highest BCUT2D eigenvalue weighted by Gasteiger charge is 2.18. The fourth-order valence-corrected chi connectivity index (χ4v) is 3.24. The van der Waals surface area contributed by atoms with Crippen LogP contribution in [0.1, 0.15) is 29.1 Å². The molecule has 6 heteroatoms. The number of nitrogens with zero attached hydrogens (tertiary/aromatic N) is 4. The van der Waals surface area contributed by atoms with Gasteiger partial charge in [0.1, 0.15) is 17.8 Å². The summed E-state index contributed by atoms with van der Waals surface area (Å²) in [5.74, 6) is 0.899. The molecule has 0 aliphatic rings. The van der Waals surface area contributed by atoms with E-state index >= 15 is 0 Å². The van der Waals surface area contributed by atoms with Crippen molar-refractivity contribution in [3.63, 3.8) is 0 Å². The fourth-order valence-electron chi connectivity index (χ4n) is 2.55. The first-order valence-corrected chi connectivity index (χ1v) is 7.42. The van der Waals surface area contributed by atoms with Gasteiger partial charge in [-0.15, -0.1) is 11.3 Å². The van der Waals surface area contributed by atoms with E-state index in [0.29, 0.717) is 11.7 Å². The number of nitrogen functional groups attached to an aromatic ring is 1. The smallest absolute Gasteiger partial charge is 0.145 e. The highest BCUT2D eigenvalue weighted by Crippen LogP contribution is 2.29. The molecular formula is C14H17N5S. The van der Waals surface area contributed by atoms with E-state index in [1.807, 2.05) is 11.6 Å². The van der Waals surface area contributed by atoms with Crippen LogP contribution in [0.3, 0.4) is 0 Å². The van der Waals surface area contributed by atoms with Crippen molar-refractivity contribution in [2.75, 3.05) is 5.73 Å². The van der Waals surface area contributed by atoms with E-state index < -0.39 is 0 Å². The van der Waals surface area contributed by atoms with E-state index in [1.165, 1.54) is 12.0 Å². The van der Waals surface area contributed by atoms with Crippen LogP contribution in [0, 0.1) is 13.8 Å². The third kappa shape index (κ3) is 1.96. The molecule has 2 N–H and O–H groups in total. The predicted molar refractivity (Wildman–Crippen MR) is 81.9 cm³/mol. The molecule has 3 aromatic heterocycles. The topological polar surface area (TPSA) is 69.6 Å². The molecule has 0 saturated heterocycles. The maximum Gasteiger partial charge on any atom is 0.145 e. The maximum absolute atomic E-state index is 5.99. The first kappa shape index (κ1) is 13.1. The normalized spacial score (nSPS) is 12.9. The summed E-state index contributed by atoms with van der Waals surface area (Å²) in [5, 5.41) is 4.12. The average molecular weight is 287 g/mol. The lowest BCUT2D eigenvalue weighted by Gasteiger charge is -2.12. The first-order valence-electron chi connectivity index (χ1n) is 6.54. The van der Waals surface area contributed by atoms with Crippen molar-refractivity contribution in [3.8, 4) is 0 Å². The number of fused-ring (bicyclic) bond motifs is 1. The molecule has 104 valence electrons. The Morgan fingerprint density at radius 3 is 2.80 bits per heavy atom. The summed E-state index contributed by atoms with van der Waals surface area (Å²) in [7, 11) is 0. The minimum Gasteiger partial charge on any atom is -0.383 e. The van der Waals surface area contributed by atoms with Gasteiger partial charge in [0.2, 0.25) is 0 Å². The number of hydrogen-bond donors (Lipinski definition) is 1. The Morgan fingerprint density at radius 1 is 1.30 bits per heavy atom. The number of thiazole rings is 1. The average Bonchev–Trinajstić information content (AvgIpc) is 3.03. The Kier molecular flexibility index (Phi) is 3.17. The molecule has 3 rings (SSSR count). The molecule has 0 aliphatic carbocycles. The Labute approximate surface area is 121 Å². The van der Waals surface area contributed by atoms with Gasteiger partial charge < -0.3 is 10.3 Å². The zero-order valence-corrected chi connectivity index (χ0v) is 12.6. The second kappa shape index (κ2) is 4.86. The lowest BCUT2D eigenvalue weighted by atomic mass is 10.2. The van der Waals surface area contributed by atoms with Crippen LogP contribution in [0.25, 0.3) is 11.0 Å². The van der Waals surface area contributed by atoms with E-state index in [2.05, 4.69) is 40.3 Å². The standard InChI is InChI=1S/C14H17N5S/c1-8(14-16-4-5-20-14)6-19-10(3)9(2)11-12(15)17-7-18-13(11)19/h4-5,7-8H,6H2,1-3H3,(H2,15,17,18). The molecule has 1 unspecified atom stereocenters. The molecule has 0 saturated carbocycles. The Bertz CT molecular complexity index is 745. The second-order valence-electron chi connectivity index (χ2n) is 5.05. The third-order valence-corrected chi connectivity index (χ3v) is 4.77. The van der Waals surface area contributed by atoms with E-state index in [4.69, 9.17) is 5.73 Å². The van der Waals surface area contributed by atoms with Gasteiger partial charge in [0.05, 0.1) is 10.4 Å². The van der Waals surface area contributed by atoms with Crippen LogP contribution in [0.2, 0.25) is 0 Å². The summed E-state index contributed by atoms with van der Waals surface area (Å²) in [4.78, 5) is 12.9. The zero-order chi connectivity index (χ0) is 14.3. The number of anilines is 1. The van der Waals surface area contributed by atoms with Gasteiger partial charge in [0, 0.05) is 29.7 Å². The van der Waals surface area contributed by atoms with Gasteiger partial charge in [-0.25, -0.2) is 15.0 Å². The summed E-state index contributed by atoms with van der Waals surface area (Å²) in [6.07, 6.45) is 3.38. The molecule has 0 radical (unpaired) electrons. The Morgan fingerprint density at radius 2 is 2.10 bits per heavy atom. The van der Waals surface area contributed by atoms with E-state index in [0.717, 1.165) is 28.1 Å². The molecule has 0 spiro atoms. The fraction of sp³-hybridized carbons (Fsp3) is 0.357. The molecule has 0 amide bonds. The Hall–Kier alpha value is -1.95. The number of aromatic nitrogens is 4. The molecule has 0 aromatic carbocycles. The van der Waals surface area contributed by atoms with E-state index in [9.17, 15) is 0 Å². The second-order valence-corrected chi connectivity index (χ2v) is 5.98. The number of nitrogens with two attached hydrogens (primary N) is 1. The van der Waals surface area contributed by atoms with Gasteiger partial charge in [-0.05, 0) is 19.4 Å². The summed E-state index contributed by atoms with van der Waals surface area (Å²) in [6.45, 7) is 7.21. The van der Waals surface area contributed by atoms with Crippen molar-refractivity contribution in [2.45, 2.75) is 33.2 Å². The monoisotopic (exact) mass is 287 g/mol. The number of rotatable bonds is 3. The number of aryl methyl sites for hydroxylation is 1. The SMILES string of the molecule is Cc1c(C)n(CC(C)c2nccs2)c2ncnc(N)c12. The van der Waals surface area contributed by atoms with Gasteiger partial charge in [-0.3, -0.25) is 0 Å². The molecule has 0 bridgehead atoms. The summed E-state index contributed by atoms with van der Waals surface area (Å²) in [5.41, 5.74) is 9.25. The van der Waals surface area contributed by atoms with Crippen molar-refractivity contribution >= 4 is 28.2 Å². The molecule has 0 fully saturated rings. The van der Waals surface area contributed by atoms with Crippen molar-refractivity contribution in [3.05, 3.63) is 34.2 Å². The summed E-state index contributed by atoms with van der Waals surface area (Å²) in [6, 6.07) is 0. The molecule has 0 aliphatic heterocycles. The maximum atomic E-state index is 5.99. The van der Waals surface area contributed by atoms with Crippen LogP contribution < -0.4 is 5.73 Å². The molecule has 1 atom stereocenters. The van der Waals surface area contributed by atoms with Crippen LogP contribution >= 0.6 is 11.3 Å². The van der Waals surface area contributed by atoms with Crippen LogP contribution in [0.5, 0.6) is 0 Å². The molecule has 3 heterocycles. The summed E-state index contributed by atoms with van der Waals surface area (Å²) >= 11 is 1.69. The van der Waals surface area contributed by atoms with Gasteiger partial charge in [-0.2, -0.15) is 0 Å². The van der Waals surface area contributed by atoms with Crippen LogP contribution in [0.4, 0.5) is 5.82 Å². The zero-order valence-electron chi connectivity index (χ0n) is 11.8. The molecule has 3 aromatic rings. The van der Waals surface area contributed by atoms with Crippen molar-refractivity contribution in [1.82, 2.24) is 19.5 Å². The van der Waals surface area contributed by atoms with Crippen molar-refractivity contribution in [2.24, 2.45) is 0 Å². The quantitative estimate of drug-likeness (QED) is 0.804. The lowest BCUT2D eigenvalue weighted by Crippen LogP contribution is -2.08.